The number of carbonyl (C=O) groups is 2. The van der Waals surface area contributed by atoms with Gasteiger partial charge in [-0.05, 0) is 41.1 Å². The summed E-state index contributed by atoms with van der Waals surface area (Å²) in [4.78, 5) is 22.8. The molecule has 0 fully saturated rings. The van der Waals surface area contributed by atoms with E-state index in [9.17, 15) is 9.59 Å². The minimum absolute atomic E-state index is 0.307. The van der Waals surface area contributed by atoms with Gasteiger partial charge in [-0.2, -0.15) is 0 Å². The Kier molecular flexibility index (Phi) is 4.51. The van der Waals surface area contributed by atoms with Crippen molar-refractivity contribution < 1.29 is 14.3 Å². The summed E-state index contributed by atoms with van der Waals surface area (Å²) in [5.41, 5.74) is 6.39. The van der Waals surface area contributed by atoms with E-state index < -0.39 is 12.1 Å². The van der Waals surface area contributed by atoms with Gasteiger partial charge in [0.05, 0.1) is 5.56 Å². The van der Waals surface area contributed by atoms with Crippen LogP contribution in [-0.4, -0.2) is 25.0 Å². The molecule has 0 aliphatic rings. The summed E-state index contributed by atoms with van der Waals surface area (Å²) in [6.45, 7) is 1.50. The molecule has 0 aromatic heterocycles. The maximum Gasteiger partial charge on any atom is 0.338 e. The molecule has 1 aromatic carbocycles. The molecule has 17 heavy (non-hydrogen) atoms. The number of nitrogens with two attached hydrogens (primary N) is 1. The van der Waals surface area contributed by atoms with Crippen LogP contribution >= 0.6 is 15.9 Å². The van der Waals surface area contributed by atoms with E-state index in [1.54, 1.807) is 12.1 Å². The van der Waals surface area contributed by atoms with E-state index in [1.165, 1.54) is 20.0 Å². The number of hydrogen-bond donors (Lipinski definition) is 2. The minimum atomic E-state index is -0.836. The van der Waals surface area contributed by atoms with Crippen molar-refractivity contribution in [2.24, 2.45) is 0 Å². The fraction of sp³-hybridized carbons (Fsp3) is 0.273. The highest BCUT2D eigenvalue weighted by molar-refractivity contribution is 9.10. The lowest BCUT2D eigenvalue weighted by Crippen LogP contribution is -2.33. The molecule has 6 heteroatoms. The van der Waals surface area contributed by atoms with Crippen LogP contribution in [0.25, 0.3) is 0 Å². The number of likely N-dealkylation sites (N-methyl/N-ethyl adjacent to an activating group) is 1. The van der Waals surface area contributed by atoms with Crippen molar-refractivity contribution in [2.75, 3.05) is 12.8 Å². The van der Waals surface area contributed by atoms with Crippen LogP contribution in [0.3, 0.4) is 0 Å². The monoisotopic (exact) mass is 300 g/mol. The lowest BCUT2D eigenvalue weighted by atomic mass is 10.2. The number of benzene rings is 1. The van der Waals surface area contributed by atoms with Crippen LogP contribution in [-0.2, 0) is 9.53 Å². The van der Waals surface area contributed by atoms with Gasteiger partial charge in [0.15, 0.2) is 6.10 Å². The van der Waals surface area contributed by atoms with Gasteiger partial charge in [-0.25, -0.2) is 4.79 Å². The van der Waals surface area contributed by atoms with Gasteiger partial charge < -0.3 is 15.8 Å². The van der Waals surface area contributed by atoms with E-state index in [0.29, 0.717) is 15.7 Å². The largest absolute Gasteiger partial charge is 0.449 e. The molecule has 5 nitrogen and oxygen atoms in total. The van der Waals surface area contributed by atoms with Gasteiger partial charge >= 0.3 is 5.97 Å². The third kappa shape index (κ3) is 3.45. The SMILES string of the molecule is CNC(=O)C(C)OC(=O)c1ccc(Br)c(N)c1. The van der Waals surface area contributed by atoms with Crippen molar-refractivity contribution in [3.05, 3.63) is 28.2 Å². The van der Waals surface area contributed by atoms with Crippen molar-refractivity contribution >= 4 is 33.5 Å². The van der Waals surface area contributed by atoms with Crippen LogP contribution in [0.4, 0.5) is 5.69 Å². The summed E-state index contributed by atoms with van der Waals surface area (Å²) in [6, 6.07) is 4.71. The molecule has 0 saturated heterocycles. The predicted molar refractivity (Wildman–Crippen MR) is 67.5 cm³/mol. The van der Waals surface area contributed by atoms with Crippen LogP contribution in [0.2, 0.25) is 0 Å². The van der Waals surface area contributed by atoms with E-state index >= 15 is 0 Å². The summed E-state index contributed by atoms with van der Waals surface area (Å²) in [5, 5.41) is 2.39. The normalized spacial score (nSPS) is 11.7. The first-order valence-electron chi connectivity index (χ1n) is 4.93. The topological polar surface area (TPSA) is 81.4 Å². The molecular weight excluding hydrogens is 288 g/mol. The molecule has 0 spiro atoms. The van der Waals surface area contributed by atoms with Crippen LogP contribution in [0.1, 0.15) is 17.3 Å². The zero-order valence-electron chi connectivity index (χ0n) is 9.49. The second kappa shape index (κ2) is 5.67. The van der Waals surface area contributed by atoms with Gasteiger partial charge in [-0.1, -0.05) is 0 Å². The first-order valence-corrected chi connectivity index (χ1v) is 5.72. The average Bonchev–Trinajstić information content (AvgIpc) is 2.31. The molecule has 0 aliphatic carbocycles. The van der Waals surface area contributed by atoms with Crippen LogP contribution < -0.4 is 11.1 Å². The molecule has 1 rings (SSSR count). The second-order valence-electron chi connectivity index (χ2n) is 3.40. The summed E-state index contributed by atoms with van der Waals surface area (Å²) in [5.74, 6) is -0.941. The van der Waals surface area contributed by atoms with E-state index in [4.69, 9.17) is 10.5 Å². The first kappa shape index (κ1) is 13.5. The zero-order chi connectivity index (χ0) is 13.0. The number of esters is 1. The minimum Gasteiger partial charge on any atom is -0.449 e. The smallest absolute Gasteiger partial charge is 0.338 e. The Balaban J connectivity index is 2.76. The van der Waals surface area contributed by atoms with Gasteiger partial charge in [0.1, 0.15) is 0 Å². The maximum atomic E-state index is 11.7. The second-order valence-corrected chi connectivity index (χ2v) is 4.25. The Morgan fingerprint density at radius 1 is 1.47 bits per heavy atom. The van der Waals surface area contributed by atoms with Crippen molar-refractivity contribution in [1.29, 1.82) is 0 Å². The molecule has 0 heterocycles. The number of carbonyl (C=O) groups excluding carboxylic acids is 2. The number of nitrogen functional groups attached to an aromatic ring is 1. The van der Waals surface area contributed by atoms with Crippen LogP contribution in [0.5, 0.6) is 0 Å². The molecule has 1 unspecified atom stereocenters. The molecule has 0 saturated carbocycles. The number of rotatable bonds is 3. The average molecular weight is 301 g/mol. The third-order valence-electron chi connectivity index (χ3n) is 2.13. The summed E-state index contributed by atoms with van der Waals surface area (Å²) in [6.07, 6.45) is -0.836. The Labute approximate surface area is 107 Å². The highest BCUT2D eigenvalue weighted by atomic mass is 79.9. The first-order chi connectivity index (χ1) is 7.95. The number of halogens is 1. The Bertz CT molecular complexity index is 448. The lowest BCUT2D eigenvalue weighted by molar-refractivity contribution is -0.128. The van der Waals surface area contributed by atoms with E-state index in [-0.39, 0.29) is 5.91 Å². The fourth-order valence-corrected chi connectivity index (χ4v) is 1.40. The number of amides is 1. The lowest BCUT2D eigenvalue weighted by Gasteiger charge is -2.11. The fourth-order valence-electron chi connectivity index (χ4n) is 1.16. The maximum absolute atomic E-state index is 11.7. The molecule has 0 aliphatic heterocycles. The Hall–Kier alpha value is -1.56. The standard InChI is InChI=1S/C11H13BrN2O3/c1-6(10(15)14-2)17-11(16)7-3-4-8(12)9(13)5-7/h3-6H,13H2,1-2H3,(H,14,15). The molecular formula is C11H13BrN2O3. The van der Waals surface area contributed by atoms with Gasteiger partial charge in [-0.15, -0.1) is 0 Å². The highest BCUT2D eigenvalue weighted by Crippen LogP contribution is 2.20. The summed E-state index contributed by atoms with van der Waals surface area (Å²) >= 11 is 3.22. The predicted octanol–water partition coefficient (Wildman–Crippen LogP) is 1.32. The molecule has 0 bridgehead atoms. The molecule has 1 atom stereocenters. The van der Waals surface area contributed by atoms with E-state index in [0.717, 1.165) is 0 Å². The molecule has 92 valence electrons. The van der Waals surface area contributed by atoms with Gasteiger partial charge in [-0.3, -0.25) is 4.79 Å². The number of ether oxygens (including phenoxy) is 1. The number of nitrogens with one attached hydrogen (secondary N) is 1. The molecule has 1 amide bonds. The quantitative estimate of drug-likeness (QED) is 0.652. The Morgan fingerprint density at radius 3 is 2.65 bits per heavy atom. The molecule has 1 aromatic rings. The van der Waals surface area contributed by atoms with Crippen molar-refractivity contribution in [2.45, 2.75) is 13.0 Å². The van der Waals surface area contributed by atoms with Crippen molar-refractivity contribution in [1.82, 2.24) is 5.32 Å². The van der Waals surface area contributed by atoms with Gasteiger partial charge in [0.25, 0.3) is 5.91 Å². The Morgan fingerprint density at radius 2 is 2.12 bits per heavy atom. The van der Waals surface area contributed by atoms with E-state index in [2.05, 4.69) is 21.2 Å². The van der Waals surface area contributed by atoms with Crippen molar-refractivity contribution in [3.63, 3.8) is 0 Å². The molecule has 3 N–H and O–H groups in total. The highest BCUT2D eigenvalue weighted by Gasteiger charge is 2.17. The number of hydrogen-bond acceptors (Lipinski definition) is 4. The van der Waals surface area contributed by atoms with Crippen LogP contribution in [0.15, 0.2) is 22.7 Å². The zero-order valence-corrected chi connectivity index (χ0v) is 11.1. The summed E-state index contributed by atoms with van der Waals surface area (Å²) < 4.78 is 5.66. The van der Waals surface area contributed by atoms with Gasteiger partial charge in [0, 0.05) is 17.2 Å². The molecule has 0 radical (unpaired) electrons. The summed E-state index contributed by atoms with van der Waals surface area (Å²) in [7, 11) is 1.48. The van der Waals surface area contributed by atoms with Crippen molar-refractivity contribution in [3.8, 4) is 0 Å². The van der Waals surface area contributed by atoms with Crippen LogP contribution in [0, 0.1) is 0 Å². The van der Waals surface area contributed by atoms with Gasteiger partial charge in [0.2, 0.25) is 0 Å². The third-order valence-corrected chi connectivity index (χ3v) is 2.85. The van der Waals surface area contributed by atoms with E-state index in [1.807, 2.05) is 0 Å². The number of anilines is 1.